The van der Waals surface area contributed by atoms with Crippen LogP contribution >= 0.6 is 0 Å². The van der Waals surface area contributed by atoms with Gasteiger partial charge >= 0.3 is 0 Å². The molecule has 5 nitrogen and oxygen atoms in total. The zero-order valence-electron chi connectivity index (χ0n) is 27.2. The Morgan fingerprint density at radius 2 is 1.30 bits per heavy atom. The van der Waals surface area contributed by atoms with Crippen LogP contribution < -0.4 is 4.74 Å². The molecule has 0 amide bonds. The standard InChI is InChI=1S/C42H34N4O/c1-25-9-8-10-26(2)39(25)38-24-44-41-35-23-29(14-16-30(35)32-11-6-7-12-37(32)46(38)41)47-28-15-17-31-33-21-27(42(3,4)5)13-18-36(33)45-20-19-43-40(45)34(31)22-28/h6-24H,1-5H3. The minimum Gasteiger partial charge on any atom is -0.457 e. The Bertz CT molecular complexity index is 2700. The molecule has 0 fully saturated rings. The van der Waals surface area contributed by atoms with Gasteiger partial charge in [-0.3, -0.25) is 8.80 Å². The molecule has 0 saturated carbocycles. The highest BCUT2D eigenvalue weighted by molar-refractivity contribution is 6.13. The van der Waals surface area contributed by atoms with Gasteiger partial charge in [0.15, 0.2) is 0 Å². The maximum absolute atomic E-state index is 6.63. The van der Waals surface area contributed by atoms with Crippen LogP contribution in [0.15, 0.2) is 116 Å². The number of hydrogen-bond acceptors (Lipinski definition) is 3. The molecule has 0 unspecified atom stereocenters. The average Bonchev–Trinajstić information content (AvgIpc) is 3.73. The number of fused-ring (bicyclic) bond motifs is 12. The second-order valence-corrected chi connectivity index (χ2v) is 13.7. The molecular weight excluding hydrogens is 576 g/mol. The molecule has 5 aromatic carbocycles. The molecular formula is C42H34N4O. The molecule has 0 aliphatic carbocycles. The zero-order chi connectivity index (χ0) is 32.0. The summed E-state index contributed by atoms with van der Waals surface area (Å²) < 4.78 is 11.1. The SMILES string of the molecule is Cc1cccc(C)c1-c1cnc2c3cc(Oc4ccc5c6cc(C(C)(C)C)ccc6n6ccnc6c5c4)ccc3c3ccccc3n12. The predicted molar refractivity (Wildman–Crippen MR) is 194 cm³/mol. The first-order valence-corrected chi connectivity index (χ1v) is 16.2. The van der Waals surface area contributed by atoms with Crippen LogP contribution in [0.4, 0.5) is 0 Å². The zero-order valence-corrected chi connectivity index (χ0v) is 27.2. The van der Waals surface area contributed by atoms with Crippen LogP contribution in [0.25, 0.3) is 65.9 Å². The van der Waals surface area contributed by atoms with Crippen LogP contribution in [0.3, 0.4) is 0 Å². The Morgan fingerprint density at radius 1 is 0.596 bits per heavy atom. The highest BCUT2D eigenvalue weighted by Crippen LogP contribution is 2.39. The Labute approximate surface area is 272 Å². The van der Waals surface area contributed by atoms with E-state index in [-0.39, 0.29) is 5.41 Å². The number of rotatable bonds is 3. The largest absolute Gasteiger partial charge is 0.457 e. The van der Waals surface area contributed by atoms with E-state index in [0.29, 0.717) is 0 Å². The van der Waals surface area contributed by atoms with E-state index in [4.69, 9.17) is 14.7 Å². The molecule has 228 valence electrons. The van der Waals surface area contributed by atoms with Gasteiger partial charge in [0.2, 0.25) is 0 Å². The summed E-state index contributed by atoms with van der Waals surface area (Å²) in [5.74, 6) is 1.53. The van der Waals surface area contributed by atoms with E-state index in [1.165, 1.54) is 38.4 Å². The van der Waals surface area contributed by atoms with Gasteiger partial charge in [0.05, 0.1) is 22.9 Å². The van der Waals surface area contributed by atoms with Crippen LogP contribution in [-0.2, 0) is 5.41 Å². The first kappa shape index (κ1) is 27.6. The summed E-state index contributed by atoms with van der Waals surface area (Å²) in [5, 5.41) is 6.82. The van der Waals surface area contributed by atoms with Crippen molar-refractivity contribution in [3.05, 3.63) is 132 Å². The highest BCUT2D eigenvalue weighted by Gasteiger charge is 2.19. The van der Waals surface area contributed by atoms with E-state index < -0.39 is 0 Å². The van der Waals surface area contributed by atoms with Gasteiger partial charge in [-0.05, 0) is 101 Å². The number of pyridine rings is 2. The lowest BCUT2D eigenvalue weighted by molar-refractivity contribution is 0.484. The fourth-order valence-corrected chi connectivity index (χ4v) is 7.35. The normalized spacial score (nSPS) is 12.4. The number of nitrogens with zero attached hydrogens (tertiary/aromatic N) is 4. The van der Waals surface area contributed by atoms with Crippen molar-refractivity contribution in [1.29, 1.82) is 0 Å². The topological polar surface area (TPSA) is 43.8 Å². The molecule has 9 aromatic rings. The Balaban J connectivity index is 1.22. The van der Waals surface area contributed by atoms with Crippen molar-refractivity contribution in [3.63, 3.8) is 0 Å². The number of hydrogen-bond donors (Lipinski definition) is 0. The van der Waals surface area contributed by atoms with Crippen molar-refractivity contribution in [3.8, 4) is 22.8 Å². The van der Waals surface area contributed by atoms with Crippen molar-refractivity contribution >= 4 is 54.6 Å². The van der Waals surface area contributed by atoms with Crippen molar-refractivity contribution < 1.29 is 4.74 Å². The lowest BCUT2D eigenvalue weighted by atomic mass is 9.86. The lowest BCUT2D eigenvalue weighted by Gasteiger charge is -2.20. The maximum atomic E-state index is 6.63. The van der Waals surface area contributed by atoms with E-state index in [1.807, 2.05) is 18.6 Å². The molecule has 0 bridgehead atoms. The number of imidazole rings is 2. The third-order valence-corrected chi connectivity index (χ3v) is 9.69. The minimum absolute atomic E-state index is 0.0503. The number of aryl methyl sites for hydroxylation is 2. The quantitative estimate of drug-likeness (QED) is 0.187. The van der Waals surface area contributed by atoms with Gasteiger partial charge in [0.25, 0.3) is 0 Å². The fourth-order valence-electron chi connectivity index (χ4n) is 7.35. The molecule has 4 aromatic heterocycles. The van der Waals surface area contributed by atoms with Gasteiger partial charge in [-0.15, -0.1) is 0 Å². The number of aromatic nitrogens is 4. The van der Waals surface area contributed by atoms with Gasteiger partial charge in [0, 0.05) is 39.5 Å². The van der Waals surface area contributed by atoms with Gasteiger partial charge in [-0.2, -0.15) is 0 Å². The molecule has 0 radical (unpaired) electrons. The van der Waals surface area contributed by atoms with Crippen LogP contribution in [0.2, 0.25) is 0 Å². The Hall–Kier alpha value is -5.68. The van der Waals surface area contributed by atoms with Gasteiger partial charge < -0.3 is 4.74 Å². The van der Waals surface area contributed by atoms with Gasteiger partial charge in [-0.25, -0.2) is 9.97 Å². The number of benzene rings is 5. The van der Waals surface area contributed by atoms with Crippen molar-refractivity contribution in [2.24, 2.45) is 0 Å². The van der Waals surface area contributed by atoms with Crippen LogP contribution in [-0.4, -0.2) is 18.8 Å². The molecule has 5 heteroatoms. The van der Waals surface area contributed by atoms with Crippen LogP contribution in [0, 0.1) is 13.8 Å². The number of ether oxygens (including phenoxy) is 1. The van der Waals surface area contributed by atoms with Gasteiger partial charge in [0.1, 0.15) is 22.8 Å². The summed E-state index contributed by atoms with van der Waals surface area (Å²) in [4.78, 5) is 9.78. The van der Waals surface area contributed by atoms with Crippen LogP contribution in [0.1, 0.15) is 37.5 Å². The molecule has 0 spiro atoms. The van der Waals surface area contributed by atoms with E-state index in [0.717, 1.165) is 55.7 Å². The summed E-state index contributed by atoms with van der Waals surface area (Å²) in [5.41, 5.74) is 10.3. The van der Waals surface area contributed by atoms with Crippen molar-refractivity contribution in [2.75, 3.05) is 0 Å². The minimum atomic E-state index is 0.0503. The first-order chi connectivity index (χ1) is 22.8. The lowest BCUT2D eigenvalue weighted by Crippen LogP contribution is -2.10. The summed E-state index contributed by atoms with van der Waals surface area (Å²) >= 11 is 0. The molecule has 0 aliphatic rings. The molecule has 9 rings (SSSR count). The van der Waals surface area contributed by atoms with Gasteiger partial charge in [-0.1, -0.05) is 63.2 Å². The van der Waals surface area contributed by atoms with Crippen molar-refractivity contribution in [1.82, 2.24) is 18.8 Å². The van der Waals surface area contributed by atoms with E-state index in [9.17, 15) is 0 Å². The van der Waals surface area contributed by atoms with Crippen molar-refractivity contribution in [2.45, 2.75) is 40.0 Å². The molecule has 0 aliphatic heterocycles. The fraction of sp³-hybridized carbons (Fsp3) is 0.143. The van der Waals surface area contributed by atoms with E-state index in [2.05, 4.69) is 140 Å². The summed E-state index contributed by atoms with van der Waals surface area (Å²) in [7, 11) is 0. The van der Waals surface area contributed by atoms with E-state index >= 15 is 0 Å². The second kappa shape index (κ2) is 9.91. The van der Waals surface area contributed by atoms with E-state index in [1.54, 1.807) is 0 Å². The molecule has 0 atom stereocenters. The molecule has 4 heterocycles. The third-order valence-electron chi connectivity index (χ3n) is 9.69. The first-order valence-electron chi connectivity index (χ1n) is 16.2. The monoisotopic (exact) mass is 610 g/mol. The predicted octanol–water partition coefficient (Wildman–Crippen LogP) is 11.0. The second-order valence-electron chi connectivity index (χ2n) is 13.7. The molecule has 47 heavy (non-hydrogen) atoms. The average molecular weight is 611 g/mol. The van der Waals surface area contributed by atoms with Crippen LogP contribution in [0.5, 0.6) is 11.5 Å². The Kier molecular flexibility index (Phi) is 5.82. The molecule has 0 N–H and O–H groups in total. The third kappa shape index (κ3) is 4.16. The summed E-state index contributed by atoms with van der Waals surface area (Å²) in [6, 6.07) is 34.5. The summed E-state index contributed by atoms with van der Waals surface area (Å²) in [6.45, 7) is 11.1. The highest BCUT2D eigenvalue weighted by atomic mass is 16.5. The Morgan fingerprint density at radius 3 is 2.04 bits per heavy atom. The maximum Gasteiger partial charge on any atom is 0.145 e. The smallest absolute Gasteiger partial charge is 0.145 e. The molecule has 0 saturated heterocycles. The number of para-hydroxylation sites is 1. The summed E-state index contributed by atoms with van der Waals surface area (Å²) in [6.07, 6.45) is 5.92.